The van der Waals surface area contributed by atoms with E-state index in [0.29, 0.717) is 0 Å². The Morgan fingerprint density at radius 2 is 1.88 bits per heavy atom. The Labute approximate surface area is 151 Å². The Kier molecular flexibility index (Phi) is 3.26. The first-order valence-electron chi connectivity index (χ1n) is 7.83. The highest BCUT2D eigenvalue weighted by atomic mass is 32.2. The minimum atomic E-state index is 0.815. The van der Waals surface area contributed by atoms with Crippen LogP contribution < -0.4 is 0 Å². The van der Waals surface area contributed by atoms with Gasteiger partial charge >= 0.3 is 0 Å². The molecular formula is C18H13N5S2. The number of nitrogens with zero attached hydrogens (tertiary/aromatic N) is 5. The summed E-state index contributed by atoms with van der Waals surface area (Å²) in [5.74, 6) is 0. The molecule has 0 bridgehead atoms. The van der Waals surface area contributed by atoms with Gasteiger partial charge in [0.25, 0.3) is 0 Å². The normalized spacial score (nSPS) is 11.8. The summed E-state index contributed by atoms with van der Waals surface area (Å²) in [5.41, 5.74) is 3.16. The van der Waals surface area contributed by atoms with Crippen molar-refractivity contribution in [2.75, 3.05) is 0 Å². The molecule has 0 aliphatic rings. The number of fused-ring (bicyclic) bond motifs is 4. The lowest BCUT2D eigenvalue weighted by atomic mass is 10.1. The zero-order valence-electron chi connectivity index (χ0n) is 13.6. The molecule has 0 saturated carbocycles. The number of aromatic nitrogens is 5. The van der Waals surface area contributed by atoms with Gasteiger partial charge < -0.3 is 0 Å². The Balaban J connectivity index is 1.74. The molecule has 4 aromatic heterocycles. The molecule has 5 rings (SSSR count). The summed E-state index contributed by atoms with van der Waals surface area (Å²) in [6.07, 6.45) is 1.62. The zero-order valence-corrected chi connectivity index (χ0v) is 15.2. The molecule has 0 radical (unpaired) electrons. The summed E-state index contributed by atoms with van der Waals surface area (Å²) < 4.78 is 2.10. The molecule has 4 heterocycles. The number of thiophene rings is 1. The fraction of sp³-hybridized carbons (Fsp3) is 0.111. The molecule has 5 nitrogen and oxygen atoms in total. The molecule has 0 aliphatic heterocycles. The quantitative estimate of drug-likeness (QED) is 0.427. The van der Waals surface area contributed by atoms with Crippen LogP contribution in [0.5, 0.6) is 0 Å². The summed E-state index contributed by atoms with van der Waals surface area (Å²) >= 11 is 3.21. The Bertz CT molecular complexity index is 1250. The SMILES string of the molecule is Cc1cc2c(Sc3nnc4cc(C)c5ccccc5n34)ncnc2s1. The van der Waals surface area contributed by atoms with Crippen LogP contribution in [0.3, 0.4) is 0 Å². The number of para-hydroxylation sites is 1. The zero-order chi connectivity index (χ0) is 17.0. The molecular weight excluding hydrogens is 350 g/mol. The highest BCUT2D eigenvalue weighted by Gasteiger charge is 2.15. The number of hydrogen-bond acceptors (Lipinski definition) is 6. The van der Waals surface area contributed by atoms with Crippen LogP contribution in [0.1, 0.15) is 10.4 Å². The van der Waals surface area contributed by atoms with Gasteiger partial charge in [0.2, 0.25) is 5.16 Å². The molecule has 5 aromatic rings. The number of pyridine rings is 1. The fourth-order valence-electron chi connectivity index (χ4n) is 3.06. The van der Waals surface area contributed by atoms with Gasteiger partial charge in [-0.25, -0.2) is 9.97 Å². The molecule has 0 spiro atoms. The average molecular weight is 363 g/mol. The number of rotatable bonds is 2. The van der Waals surface area contributed by atoms with Crippen LogP contribution >= 0.6 is 23.1 Å². The van der Waals surface area contributed by atoms with Gasteiger partial charge in [-0.3, -0.25) is 4.40 Å². The van der Waals surface area contributed by atoms with Crippen molar-refractivity contribution in [1.29, 1.82) is 0 Å². The Morgan fingerprint density at radius 3 is 2.80 bits per heavy atom. The molecule has 122 valence electrons. The topological polar surface area (TPSA) is 56.0 Å². The van der Waals surface area contributed by atoms with Crippen LogP contribution in [0.2, 0.25) is 0 Å². The van der Waals surface area contributed by atoms with Crippen molar-refractivity contribution < 1.29 is 0 Å². The summed E-state index contributed by atoms with van der Waals surface area (Å²) in [6.45, 7) is 4.19. The van der Waals surface area contributed by atoms with Crippen molar-refractivity contribution in [2.45, 2.75) is 24.0 Å². The molecule has 0 atom stereocenters. The largest absolute Gasteiger partial charge is 0.270 e. The van der Waals surface area contributed by atoms with E-state index in [9.17, 15) is 0 Å². The first-order chi connectivity index (χ1) is 12.2. The van der Waals surface area contributed by atoms with Crippen LogP contribution in [0.25, 0.3) is 26.8 Å². The maximum atomic E-state index is 4.48. The summed E-state index contributed by atoms with van der Waals surface area (Å²) in [5, 5.41) is 12.8. The van der Waals surface area contributed by atoms with Crippen LogP contribution in [-0.4, -0.2) is 24.6 Å². The van der Waals surface area contributed by atoms with E-state index in [0.717, 1.165) is 31.6 Å². The first-order valence-corrected chi connectivity index (χ1v) is 9.46. The molecule has 0 amide bonds. The van der Waals surface area contributed by atoms with E-state index < -0.39 is 0 Å². The molecule has 7 heteroatoms. The van der Waals surface area contributed by atoms with Crippen LogP contribution in [0.15, 0.2) is 52.9 Å². The van der Waals surface area contributed by atoms with Crippen molar-refractivity contribution in [1.82, 2.24) is 24.6 Å². The third-order valence-electron chi connectivity index (χ3n) is 4.18. The lowest BCUT2D eigenvalue weighted by molar-refractivity contribution is 0.935. The van der Waals surface area contributed by atoms with E-state index in [-0.39, 0.29) is 0 Å². The molecule has 0 saturated heterocycles. The van der Waals surface area contributed by atoms with Gasteiger partial charge in [0.15, 0.2) is 5.65 Å². The third-order valence-corrected chi connectivity index (χ3v) is 6.10. The third kappa shape index (κ3) is 2.31. The molecule has 0 N–H and O–H groups in total. The van der Waals surface area contributed by atoms with E-state index in [1.165, 1.54) is 27.6 Å². The van der Waals surface area contributed by atoms with E-state index in [4.69, 9.17) is 0 Å². The van der Waals surface area contributed by atoms with Gasteiger partial charge in [0.1, 0.15) is 16.2 Å². The molecule has 0 unspecified atom stereocenters. The van der Waals surface area contributed by atoms with E-state index in [2.05, 4.69) is 68.7 Å². The molecule has 0 aliphatic carbocycles. The second-order valence-corrected chi connectivity index (χ2v) is 8.07. The Morgan fingerprint density at radius 1 is 1.00 bits per heavy atom. The minimum Gasteiger partial charge on any atom is -0.270 e. The number of hydrogen-bond donors (Lipinski definition) is 0. The Hall–Kier alpha value is -2.51. The highest BCUT2D eigenvalue weighted by Crippen LogP contribution is 2.35. The number of benzene rings is 1. The predicted octanol–water partition coefficient (Wildman–Crippen LogP) is 4.66. The van der Waals surface area contributed by atoms with E-state index in [1.807, 2.05) is 6.07 Å². The van der Waals surface area contributed by atoms with E-state index in [1.54, 1.807) is 17.7 Å². The van der Waals surface area contributed by atoms with Gasteiger partial charge in [-0.2, -0.15) is 0 Å². The first kappa shape index (κ1) is 14.8. The summed E-state index contributed by atoms with van der Waals surface area (Å²) in [4.78, 5) is 11.1. The van der Waals surface area contributed by atoms with Gasteiger partial charge in [-0.1, -0.05) is 18.2 Å². The molecule has 1 aromatic carbocycles. The van der Waals surface area contributed by atoms with Crippen molar-refractivity contribution >= 4 is 49.9 Å². The summed E-state index contributed by atoms with van der Waals surface area (Å²) in [7, 11) is 0. The van der Waals surface area contributed by atoms with Gasteiger partial charge in [-0.05, 0) is 49.4 Å². The van der Waals surface area contributed by atoms with Gasteiger partial charge in [-0.15, -0.1) is 21.5 Å². The average Bonchev–Trinajstić information content (AvgIpc) is 3.18. The maximum absolute atomic E-state index is 4.48. The minimum absolute atomic E-state index is 0.815. The molecule has 0 fully saturated rings. The van der Waals surface area contributed by atoms with Crippen LogP contribution in [-0.2, 0) is 0 Å². The predicted molar refractivity (Wildman–Crippen MR) is 102 cm³/mol. The molecule has 25 heavy (non-hydrogen) atoms. The smallest absolute Gasteiger partial charge is 0.202 e. The second kappa shape index (κ2) is 5.50. The monoisotopic (exact) mass is 363 g/mol. The number of aryl methyl sites for hydroxylation is 2. The summed E-state index contributed by atoms with van der Waals surface area (Å²) in [6, 6.07) is 12.5. The lowest BCUT2D eigenvalue weighted by Crippen LogP contribution is -1.93. The van der Waals surface area contributed by atoms with Crippen molar-refractivity contribution in [3.05, 3.63) is 53.2 Å². The lowest BCUT2D eigenvalue weighted by Gasteiger charge is -2.07. The van der Waals surface area contributed by atoms with Crippen LogP contribution in [0, 0.1) is 13.8 Å². The van der Waals surface area contributed by atoms with Crippen molar-refractivity contribution in [3.63, 3.8) is 0 Å². The van der Waals surface area contributed by atoms with Crippen molar-refractivity contribution in [3.8, 4) is 0 Å². The van der Waals surface area contributed by atoms with E-state index >= 15 is 0 Å². The highest BCUT2D eigenvalue weighted by molar-refractivity contribution is 7.99. The van der Waals surface area contributed by atoms with Crippen LogP contribution in [0.4, 0.5) is 0 Å². The standard InChI is InChI=1S/C18H13N5S2/c1-10-7-15-21-22-18(23(15)14-6-4-3-5-12(10)14)25-17-13-8-11(2)24-16(13)19-9-20-17/h3-9H,1-2H3. The van der Waals surface area contributed by atoms with Crippen molar-refractivity contribution in [2.24, 2.45) is 0 Å². The van der Waals surface area contributed by atoms with Gasteiger partial charge in [0.05, 0.1) is 5.52 Å². The fourth-order valence-corrected chi connectivity index (χ4v) is 4.88. The second-order valence-electron chi connectivity index (χ2n) is 5.88. The maximum Gasteiger partial charge on any atom is 0.202 e. The van der Waals surface area contributed by atoms with Gasteiger partial charge in [0, 0.05) is 15.6 Å².